The van der Waals surface area contributed by atoms with Gasteiger partial charge in [-0.25, -0.2) is 18.3 Å². The van der Waals surface area contributed by atoms with Crippen molar-refractivity contribution in [1.82, 2.24) is 24.5 Å². The lowest BCUT2D eigenvalue weighted by Gasteiger charge is -2.42. The second-order valence-electron chi connectivity index (χ2n) is 7.60. The van der Waals surface area contributed by atoms with E-state index in [1.807, 2.05) is 6.92 Å². The van der Waals surface area contributed by atoms with E-state index in [2.05, 4.69) is 15.1 Å². The molecule has 30 heavy (non-hydrogen) atoms. The summed E-state index contributed by atoms with van der Waals surface area (Å²) in [6.45, 7) is 2.23. The predicted octanol–water partition coefficient (Wildman–Crippen LogP) is 4.79. The Morgan fingerprint density at radius 1 is 1.13 bits per heavy atom. The van der Waals surface area contributed by atoms with Gasteiger partial charge in [-0.05, 0) is 30.5 Å². The first kappa shape index (κ1) is 20.6. The van der Waals surface area contributed by atoms with Crippen LogP contribution in [-0.2, 0) is 0 Å². The molecular formula is C20H20F5N5. The standard InChI is InChI=1S/C20H20F5N5/c1-12-7-8-29(17(20(23,24)25)13-5-3-2-4-6-13)10-14(12)16-9-15(18(21)22)28-19-26-11-27-30(16)19/h2-6,9,11-12,14,17-18H,7-8,10H2,1H3/t12-,14-,17?/m1/s1. The molecule has 0 bridgehead atoms. The number of fused-ring (bicyclic) bond motifs is 1. The third-order valence-corrected chi connectivity index (χ3v) is 5.68. The first-order chi connectivity index (χ1) is 14.3. The Labute approximate surface area is 169 Å². The molecule has 0 spiro atoms. The van der Waals surface area contributed by atoms with E-state index in [9.17, 15) is 22.0 Å². The molecule has 10 heteroatoms. The first-order valence-corrected chi connectivity index (χ1v) is 9.60. The van der Waals surface area contributed by atoms with Crippen LogP contribution in [-0.4, -0.2) is 43.7 Å². The summed E-state index contributed by atoms with van der Waals surface area (Å²) in [5.41, 5.74) is 0.108. The highest BCUT2D eigenvalue weighted by atomic mass is 19.4. The van der Waals surface area contributed by atoms with Gasteiger partial charge in [0.1, 0.15) is 18.1 Å². The number of halogens is 5. The summed E-state index contributed by atoms with van der Waals surface area (Å²) in [4.78, 5) is 9.08. The van der Waals surface area contributed by atoms with Gasteiger partial charge in [-0.2, -0.15) is 23.3 Å². The van der Waals surface area contributed by atoms with Gasteiger partial charge in [-0.1, -0.05) is 37.3 Å². The zero-order valence-electron chi connectivity index (χ0n) is 16.1. The number of piperidine rings is 1. The van der Waals surface area contributed by atoms with Gasteiger partial charge in [0.25, 0.3) is 12.2 Å². The molecule has 0 aliphatic carbocycles. The molecule has 1 saturated heterocycles. The van der Waals surface area contributed by atoms with Crippen LogP contribution in [0.1, 0.15) is 48.7 Å². The molecule has 3 heterocycles. The Bertz CT molecular complexity index is 1000. The molecule has 0 N–H and O–H groups in total. The van der Waals surface area contributed by atoms with Crippen LogP contribution in [0.4, 0.5) is 22.0 Å². The number of aromatic nitrogens is 4. The molecule has 160 valence electrons. The van der Waals surface area contributed by atoms with Crippen LogP contribution >= 0.6 is 0 Å². The fraction of sp³-hybridized carbons (Fsp3) is 0.450. The van der Waals surface area contributed by atoms with Gasteiger partial charge >= 0.3 is 6.18 Å². The molecule has 1 fully saturated rings. The van der Waals surface area contributed by atoms with Crippen molar-refractivity contribution < 1.29 is 22.0 Å². The number of rotatable bonds is 4. The van der Waals surface area contributed by atoms with Crippen molar-refractivity contribution in [2.75, 3.05) is 13.1 Å². The van der Waals surface area contributed by atoms with Gasteiger partial charge < -0.3 is 0 Å². The highest BCUT2D eigenvalue weighted by Crippen LogP contribution is 2.42. The molecule has 0 saturated carbocycles. The zero-order valence-corrected chi connectivity index (χ0v) is 16.1. The normalized spacial score (nSPS) is 22.0. The molecule has 0 amide bonds. The van der Waals surface area contributed by atoms with E-state index in [4.69, 9.17) is 0 Å². The molecular weight excluding hydrogens is 405 g/mol. The van der Waals surface area contributed by atoms with Crippen LogP contribution < -0.4 is 0 Å². The lowest BCUT2D eigenvalue weighted by atomic mass is 9.83. The SMILES string of the molecule is C[C@@H]1CCN(C(c2ccccc2)C(F)(F)F)C[C@H]1c1cc(C(F)F)nc2ncnn12. The van der Waals surface area contributed by atoms with Crippen LogP contribution in [0.2, 0.25) is 0 Å². The van der Waals surface area contributed by atoms with Gasteiger partial charge in [-0.15, -0.1) is 0 Å². The van der Waals surface area contributed by atoms with Crippen molar-refractivity contribution in [2.45, 2.75) is 37.9 Å². The first-order valence-electron chi connectivity index (χ1n) is 9.60. The van der Waals surface area contributed by atoms with E-state index in [0.29, 0.717) is 12.1 Å². The van der Waals surface area contributed by atoms with Crippen molar-refractivity contribution in [2.24, 2.45) is 5.92 Å². The highest BCUT2D eigenvalue weighted by molar-refractivity contribution is 5.33. The van der Waals surface area contributed by atoms with E-state index in [1.165, 1.54) is 33.9 Å². The Kier molecular flexibility index (Phi) is 5.44. The molecule has 3 aromatic rings. The van der Waals surface area contributed by atoms with Crippen LogP contribution in [0.15, 0.2) is 42.7 Å². The number of benzene rings is 1. The molecule has 3 atom stereocenters. The number of hydrogen-bond acceptors (Lipinski definition) is 4. The van der Waals surface area contributed by atoms with Crippen LogP contribution in [0, 0.1) is 5.92 Å². The maximum Gasteiger partial charge on any atom is 0.408 e. The Morgan fingerprint density at radius 3 is 2.53 bits per heavy atom. The smallest absolute Gasteiger partial charge is 0.288 e. The summed E-state index contributed by atoms with van der Waals surface area (Å²) >= 11 is 0. The summed E-state index contributed by atoms with van der Waals surface area (Å²) in [6, 6.07) is 7.22. The quantitative estimate of drug-likeness (QED) is 0.564. The van der Waals surface area contributed by atoms with Crippen LogP contribution in [0.25, 0.3) is 5.78 Å². The van der Waals surface area contributed by atoms with Crippen LogP contribution in [0.3, 0.4) is 0 Å². The molecule has 5 nitrogen and oxygen atoms in total. The van der Waals surface area contributed by atoms with Crippen LogP contribution in [0.5, 0.6) is 0 Å². The molecule has 0 radical (unpaired) electrons. The lowest BCUT2D eigenvalue weighted by Crippen LogP contribution is -2.46. The van der Waals surface area contributed by atoms with Crippen molar-refractivity contribution in [3.05, 3.63) is 59.7 Å². The minimum absolute atomic E-state index is 0.0163. The van der Waals surface area contributed by atoms with E-state index in [-0.39, 0.29) is 30.3 Å². The van der Waals surface area contributed by atoms with E-state index >= 15 is 0 Å². The predicted molar refractivity (Wildman–Crippen MR) is 99.1 cm³/mol. The fourth-order valence-corrected chi connectivity index (χ4v) is 4.19. The Balaban J connectivity index is 1.74. The van der Waals surface area contributed by atoms with Crippen molar-refractivity contribution in [3.8, 4) is 0 Å². The number of likely N-dealkylation sites (tertiary alicyclic amines) is 1. The summed E-state index contributed by atoms with van der Waals surface area (Å²) < 4.78 is 70.1. The average molecular weight is 425 g/mol. The second kappa shape index (κ2) is 7.90. The van der Waals surface area contributed by atoms with Gasteiger partial charge in [0.15, 0.2) is 0 Å². The van der Waals surface area contributed by atoms with E-state index in [1.54, 1.807) is 18.2 Å². The molecule has 1 aromatic carbocycles. The lowest BCUT2D eigenvalue weighted by molar-refractivity contribution is -0.190. The highest BCUT2D eigenvalue weighted by Gasteiger charge is 2.47. The summed E-state index contributed by atoms with van der Waals surface area (Å²) in [6.07, 6.45) is -5.59. The summed E-state index contributed by atoms with van der Waals surface area (Å²) in [5.74, 6) is -0.439. The fourth-order valence-electron chi connectivity index (χ4n) is 4.19. The average Bonchev–Trinajstić information content (AvgIpc) is 3.17. The molecule has 4 rings (SSSR count). The Hall–Kier alpha value is -2.62. The molecule has 1 unspecified atom stereocenters. The van der Waals surface area contributed by atoms with Gasteiger partial charge in [0.05, 0.1) is 5.69 Å². The molecule has 2 aromatic heterocycles. The second-order valence-corrected chi connectivity index (χ2v) is 7.60. The number of nitrogens with zero attached hydrogens (tertiary/aromatic N) is 5. The maximum atomic E-state index is 14.0. The van der Waals surface area contributed by atoms with E-state index < -0.39 is 30.3 Å². The van der Waals surface area contributed by atoms with E-state index in [0.717, 1.165) is 0 Å². The van der Waals surface area contributed by atoms with Gasteiger partial charge in [-0.3, -0.25) is 4.90 Å². The minimum atomic E-state index is -4.47. The monoisotopic (exact) mass is 425 g/mol. The summed E-state index contributed by atoms with van der Waals surface area (Å²) in [7, 11) is 0. The number of hydrogen-bond donors (Lipinski definition) is 0. The number of alkyl halides is 5. The third-order valence-electron chi connectivity index (χ3n) is 5.68. The minimum Gasteiger partial charge on any atom is -0.288 e. The van der Waals surface area contributed by atoms with Crippen molar-refractivity contribution in [1.29, 1.82) is 0 Å². The molecule has 1 aliphatic rings. The zero-order chi connectivity index (χ0) is 21.5. The Morgan fingerprint density at radius 2 is 1.87 bits per heavy atom. The largest absolute Gasteiger partial charge is 0.408 e. The molecule has 1 aliphatic heterocycles. The third kappa shape index (κ3) is 3.88. The van der Waals surface area contributed by atoms with Gasteiger partial charge in [0.2, 0.25) is 0 Å². The van der Waals surface area contributed by atoms with Crippen molar-refractivity contribution in [3.63, 3.8) is 0 Å². The van der Waals surface area contributed by atoms with Crippen molar-refractivity contribution >= 4 is 5.78 Å². The van der Waals surface area contributed by atoms with Gasteiger partial charge in [0, 0.05) is 12.5 Å². The summed E-state index contributed by atoms with van der Waals surface area (Å²) in [5, 5.41) is 4.06. The topological polar surface area (TPSA) is 46.3 Å². The maximum absolute atomic E-state index is 14.0.